The molecule has 0 fully saturated rings. The summed E-state index contributed by atoms with van der Waals surface area (Å²) in [4.78, 5) is 12.9. The van der Waals surface area contributed by atoms with Gasteiger partial charge < -0.3 is 15.4 Å². The number of thioether (sulfide) groups is 1. The molecule has 0 saturated heterocycles. The standard InChI is InChI=1S/C17H22N2O2S/c1-21-11-10-18-8-9-19-17(20)13-22-16-7-6-14-4-2-3-5-15(14)12-16/h2-7,12,18H,8-11,13H2,1H3,(H,19,20). The number of nitrogens with one attached hydrogen (secondary N) is 2. The lowest BCUT2D eigenvalue weighted by Gasteiger charge is -2.07. The number of hydrogen-bond acceptors (Lipinski definition) is 4. The largest absolute Gasteiger partial charge is 0.383 e. The Morgan fingerprint density at radius 3 is 2.73 bits per heavy atom. The molecule has 1 amide bonds. The van der Waals surface area contributed by atoms with Gasteiger partial charge in [-0.2, -0.15) is 0 Å². The average Bonchev–Trinajstić information content (AvgIpc) is 2.56. The summed E-state index contributed by atoms with van der Waals surface area (Å²) in [6.07, 6.45) is 0. The van der Waals surface area contributed by atoms with E-state index in [1.807, 2.05) is 12.1 Å². The van der Waals surface area contributed by atoms with Crippen LogP contribution in [0.15, 0.2) is 47.4 Å². The molecule has 2 rings (SSSR count). The molecule has 0 heterocycles. The number of rotatable bonds is 9. The third-order valence-electron chi connectivity index (χ3n) is 3.20. The fraction of sp³-hybridized carbons (Fsp3) is 0.353. The zero-order chi connectivity index (χ0) is 15.6. The van der Waals surface area contributed by atoms with Crippen molar-refractivity contribution >= 4 is 28.4 Å². The van der Waals surface area contributed by atoms with Gasteiger partial charge >= 0.3 is 0 Å². The van der Waals surface area contributed by atoms with E-state index in [-0.39, 0.29) is 5.91 Å². The molecular weight excluding hydrogens is 296 g/mol. The summed E-state index contributed by atoms with van der Waals surface area (Å²) in [5, 5.41) is 8.52. The van der Waals surface area contributed by atoms with Crippen LogP contribution < -0.4 is 10.6 Å². The summed E-state index contributed by atoms with van der Waals surface area (Å²) in [5.41, 5.74) is 0. The molecule has 0 aliphatic heterocycles. The Bertz CT molecular complexity index is 604. The van der Waals surface area contributed by atoms with E-state index in [1.165, 1.54) is 10.8 Å². The van der Waals surface area contributed by atoms with E-state index in [4.69, 9.17) is 4.74 Å². The summed E-state index contributed by atoms with van der Waals surface area (Å²) in [7, 11) is 1.67. The zero-order valence-electron chi connectivity index (χ0n) is 12.8. The minimum absolute atomic E-state index is 0.0618. The topological polar surface area (TPSA) is 50.4 Å². The van der Waals surface area contributed by atoms with Crippen molar-refractivity contribution in [3.63, 3.8) is 0 Å². The maximum Gasteiger partial charge on any atom is 0.230 e. The molecule has 4 nitrogen and oxygen atoms in total. The van der Waals surface area contributed by atoms with Gasteiger partial charge in [0.1, 0.15) is 0 Å². The van der Waals surface area contributed by atoms with Crippen LogP contribution in [0.4, 0.5) is 0 Å². The third-order valence-corrected chi connectivity index (χ3v) is 4.19. The van der Waals surface area contributed by atoms with Crippen molar-refractivity contribution in [1.82, 2.24) is 10.6 Å². The summed E-state index contributed by atoms with van der Waals surface area (Å²) in [6, 6.07) is 14.5. The van der Waals surface area contributed by atoms with Gasteiger partial charge in [0.25, 0.3) is 0 Å². The number of fused-ring (bicyclic) bond motifs is 1. The quantitative estimate of drug-likeness (QED) is 0.550. The van der Waals surface area contributed by atoms with Gasteiger partial charge in [0.05, 0.1) is 12.4 Å². The first-order valence-electron chi connectivity index (χ1n) is 7.37. The predicted octanol–water partition coefficient (Wildman–Crippen LogP) is 2.28. The first-order valence-corrected chi connectivity index (χ1v) is 8.36. The summed E-state index contributed by atoms with van der Waals surface area (Å²) >= 11 is 1.56. The van der Waals surface area contributed by atoms with Crippen LogP contribution in [0.25, 0.3) is 10.8 Å². The van der Waals surface area contributed by atoms with Crippen LogP contribution in [-0.4, -0.2) is 45.0 Å². The van der Waals surface area contributed by atoms with Crippen LogP contribution in [0.1, 0.15) is 0 Å². The number of ether oxygens (including phenoxy) is 1. The molecular formula is C17H22N2O2S. The molecule has 2 aromatic carbocycles. The summed E-state index contributed by atoms with van der Waals surface area (Å²) in [6.45, 7) is 2.89. The molecule has 0 spiro atoms. The van der Waals surface area contributed by atoms with E-state index >= 15 is 0 Å². The van der Waals surface area contributed by atoms with Crippen LogP contribution in [0, 0.1) is 0 Å². The van der Waals surface area contributed by atoms with Crippen molar-refractivity contribution < 1.29 is 9.53 Å². The SMILES string of the molecule is COCCNCCNC(=O)CSc1ccc2ccccc2c1. The summed E-state index contributed by atoms with van der Waals surface area (Å²) in [5.74, 6) is 0.503. The van der Waals surface area contributed by atoms with E-state index in [1.54, 1.807) is 18.9 Å². The molecule has 0 aromatic heterocycles. The number of benzene rings is 2. The van der Waals surface area contributed by atoms with Gasteiger partial charge in [-0.3, -0.25) is 4.79 Å². The first kappa shape index (κ1) is 16.8. The second-order valence-electron chi connectivity index (χ2n) is 4.89. The molecule has 22 heavy (non-hydrogen) atoms. The highest BCUT2D eigenvalue weighted by Crippen LogP contribution is 2.23. The van der Waals surface area contributed by atoms with E-state index in [0.717, 1.165) is 18.0 Å². The Kier molecular flexibility index (Phi) is 7.22. The monoisotopic (exact) mass is 318 g/mol. The Balaban J connectivity index is 1.69. The number of carbonyl (C=O) groups excluding carboxylic acids is 1. The molecule has 0 aliphatic rings. The van der Waals surface area contributed by atoms with Crippen molar-refractivity contribution in [1.29, 1.82) is 0 Å². The molecule has 0 radical (unpaired) electrons. The number of hydrogen-bond donors (Lipinski definition) is 2. The highest BCUT2D eigenvalue weighted by atomic mass is 32.2. The van der Waals surface area contributed by atoms with E-state index in [0.29, 0.717) is 18.9 Å². The second-order valence-corrected chi connectivity index (χ2v) is 5.94. The maximum atomic E-state index is 11.8. The average molecular weight is 318 g/mol. The second kappa shape index (κ2) is 9.46. The van der Waals surface area contributed by atoms with Gasteiger partial charge in [0.2, 0.25) is 5.91 Å². The van der Waals surface area contributed by atoms with Gasteiger partial charge in [-0.15, -0.1) is 11.8 Å². The Hall–Kier alpha value is -1.56. The van der Waals surface area contributed by atoms with Crippen molar-refractivity contribution in [2.75, 3.05) is 39.1 Å². The zero-order valence-corrected chi connectivity index (χ0v) is 13.6. The van der Waals surface area contributed by atoms with E-state index in [2.05, 4.69) is 41.0 Å². The smallest absolute Gasteiger partial charge is 0.230 e. The minimum Gasteiger partial charge on any atom is -0.383 e. The lowest BCUT2D eigenvalue weighted by atomic mass is 10.1. The fourth-order valence-electron chi connectivity index (χ4n) is 2.05. The Labute approximate surface area is 135 Å². The van der Waals surface area contributed by atoms with Crippen molar-refractivity contribution in [3.8, 4) is 0 Å². The Morgan fingerprint density at radius 2 is 1.91 bits per heavy atom. The lowest BCUT2D eigenvalue weighted by Crippen LogP contribution is -2.33. The molecule has 0 saturated carbocycles. The minimum atomic E-state index is 0.0618. The van der Waals surface area contributed by atoms with Gasteiger partial charge in [-0.25, -0.2) is 0 Å². The maximum absolute atomic E-state index is 11.8. The van der Waals surface area contributed by atoms with Crippen LogP contribution in [0.2, 0.25) is 0 Å². The van der Waals surface area contributed by atoms with E-state index < -0.39 is 0 Å². The predicted molar refractivity (Wildman–Crippen MR) is 92.4 cm³/mol. The normalized spacial score (nSPS) is 10.8. The van der Waals surface area contributed by atoms with Gasteiger partial charge in [-0.1, -0.05) is 30.3 Å². The van der Waals surface area contributed by atoms with Crippen LogP contribution in [0.3, 0.4) is 0 Å². The fourth-order valence-corrected chi connectivity index (χ4v) is 2.82. The van der Waals surface area contributed by atoms with Crippen molar-refractivity contribution in [2.45, 2.75) is 4.90 Å². The molecule has 2 N–H and O–H groups in total. The van der Waals surface area contributed by atoms with Gasteiger partial charge in [0, 0.05) is 31.6 Å². The Morgan fingerprint density at radius 1 is 1.09 bits per heavy atom. The highest BCUT2D eigenvalue weighted by molar-refractivity contribution is 8.00. The number of amides is 1. The van der Waals surface area contributed by atoms with Crippen LogP contribution >= 0.6 is 11.8 Å². The number of carbonyl (C=O) groups is 1. The van der Waals surface area contributed by atoms with Crippen LogP contribution in [0.5, 0.6) is 0 Å². The number of methoxy groups -OCH3 is 1. The molecule has 2 aromatic rings. The van der Waals surface area contributed by atoms with Crippen molar-refractivity contribution in [2.24, 2.45) is 0 Å². The highest BCUT2D eigenvalue weighted by Gasteiger charge is 2.03. The first-order chi connectivity index (χ1) is 10.8. The lowest BCUT2D eigenvalue weighted by molar-refractivity contribution is -0.118. The molecule has 0 atom stereocenters. The van der Waals surface area contributed by atoms with Gasteiger partial charge in [-0.05, 0) is 22.9 Å². The van der Waals surface area contributed by atoms with Gasteiger partial charge in [0.15, 0.2) is 0 Å². The van der Waals surface area contributed by atoms with E-state index in [9.17, 15) is 4.79 Å². The molecule has 0 bridgehead atoms. The van der Waals surface area contributed by atoms with Crippen LogP contribution in [-0.2, 0) is 9.53 Å². The molecule has 0 aliphatic carbocycles. The molecule has 118 valence electrons. The third kappa shape index (κ3) is 5.67. The van der Waals surface area contributed by atoms with Crippen molar-refractivity contribution in [3.05, 3.63) is 42.5 Å². The molecule has 0 unspecified atom stereocenters. The summed E-state index contributed by atoms with van der Waals surface area (Å²) < 4.78 is 4.93. The molecule has 5 heteroatoms.